The van der Waals surface area contributed by atoms with E-state index >= 15 is 0 Å². The van der Waals surface area contributed by atoms with E-state index in [1.807, 2.05) is 43.3 Å². The quantitative estimate of drug-likeness (QED) is 0.910. The third-order valence-electron chi connectivity index (χ3n) is 4.13. The number of amides is 1. The molecule has 1 aliphatic heterocycles. The molecule has 1 amide bonds. The van der Waals surface area contributed by atoms with Crippen molar-refractivity contribution in [2.45, 2.75) is 18.8 Å². The van der Waals surface area contributed by atoms with Crippen molar-refractivity contribution >= 4 is 17.4 Å². The molecule has 2 heterocycles. The first-order valence-corrected chi connectivity index (χ1v) is 7.85. The highest BCUT2D eigenvalue weighted by atomic mass is 16.5. The molecule has 23 heavy (non-hydrogen) atoms. The minimum atomic E-state index is -0.154. The van der Waals surface area contributed by atoms with Gasteiger partial charge in [0.1, 0.15) is 0 Å². The number of anilines is 2. The number of carbonyl (C=O) groups is 1. The van der Waals surface area contributed by atoms with E-state index in [2.05, 4.69) is 15.5 Å². The van der Waals surface area contributed by atoms with Gasteiger partial charge >= 0.3 is 0 Å². The van der Waals surface area contributed by atoms with Crippen LogP contribution in [0, 0.1) is 0 Å². The molecular weight excluding hydrogens is 292 g/mol. The van der Waals surface area contributed by atoms with Gasteiger partial charge in [0.05, 0.1) is 0 Å². The van der Waals surface area contributed by atoms with Gasteiger partial charge in [-0.1, -0.05) is 6.07 Å². The van der Waals surface area contributed by atoms with Crippen molar-refractivity contribution in [3.05, 3.63) is 41.6 Å². The molecule has 1 aromatic heterocycles. The number of rotatable bonds is 4. The maximum atomic E-state index is 12.4. The average molecular weight is 314 g/mol. The molecule has 0 spiro atoms. The van der Waals surface area contributed by atoms with Crippen molar-refractivity contribution in [2.75, 3.05) is 37.5 Å². The van der Waals surface area contributed by atoms with Gasteiger partial charge in [-0.25, -0.2) is 0 Å². The number of hydrogen-bond acceptors (Lipinski definition) is 4. The van der Waals surface area contributed by atoms with Crippen molar-refractivity contribution in [1.29, 1.82) is 0 Å². The third kappa shape index (κ3) is 3.71. The summed E-state index contributed by atoms with van der Waals surface area (Å²) in [6.45, 7) is 1.56. The molecule has 0 atom stereocenters. The van der Waals surface area contributed by atoms with Gasteiger partial charge in [0.15, 0.2) is 5.82 Å². The Labute approximate surface area is 135 Å². The van der Waals surface area contributed by atoms with Gasteiger partial charge < -0.3 is 15.0 Å². The Morgan fingerprint density at radius 3 is 2.83 bits per heavy atom. The molecule has 0 aliphatic carbocycles. The number of aromatic nitrogens is 2. The van der Waals surface area contributed by atoms with Crippen molar-refractivity contribution < 1.29 is 9.53 Å². The molecule has 1 aromatic carbocycles. The van der Waals surface area contributed by atoms with Crippen molar-refractivity contribution in [2.24, 2.45) is 0 Å². The Hall–Kier alpha value is -2.34. The van der Waals surface area contributed by atoms with Crippen molar-refractivity contribution in [3.63, 3.8) is 0 Å². The first kappa shape index (κ1) is 15.6. The summed E-state index contributed by atoms with van der Waals surface area (Å²) in [7, 11) is 3.90. The largest absolute Gasteiger partial charge is 0.381 e. The van der Waals surface area contributed by atoms with Crippen LogP contribution in [0.2, 0.25) is 0 Å². The predicted octanol–water partition coefficient (Wildman–Crippen LogP) is 2.62. The summed E-state index contributed by atoms with van der Waals surface area (Å²) < 4.78 is 5.37. The smallest absolute Gasteiger partial charge is 0.256 e. The lowest BCUT2D eigenvalue weighted by atomic mass is 9.97. The van der Waals surface area contributed by atoms with Gasteiger partial charge in [0.2, 0.25) is 0 Å². The molecule has 3 rings (SSSR count). The Morgan fingerprint density at radius 1 is 1.30 bits per heavy atom. The van der Waals surface area contributed by atoms with Crippen LogP contribution in [-0.4, -0.2) is 43.4 Å². The Balaban J connectivity index is 1.68. The molecule has 2 aromatic rings. The molecule has 6 nitrogen and oxygen atoms in total. The van der Waals surface area contributed by atoms with Crippen molar-refractivity contribution in [3.8, 4) is 0 Å². The van der Waals surface area contributed by atoms with Gasteiger partial charge in [-0.05, 0) is 31.0 Å². The summed E-state index contributed by atoms with van der Waals surface area (Å²) in [5, 5.41) is 10.1. The van der Waals surface area contributed by atoms with E-state index in [1.54, 1.807) is 6.07 Å². The normalized spacial score (nSPS) is 15.4. The van der Waals surface area contributed by atoms with Crippen LogP contribution >= 0.6 is 0 Å². The summed E-state index contributed by atoms with van der Waals surface area (Å²) in [5.74, 6) is 0.837. The van der Waals surface area contributed by atoms with Gasteiger partial charge in [-0.15, -0.1) is 0 Å². The number of H-pyrrole nitrogens is 1. The van der Waals surface area contributed by atoms with Crippen LogP contribution in [0.3, 0.4) is 0 Å². The zero-order valence-corrected chi connectivity index (χ0v) is 13.5. The molecule has 0 bridgehead atoms. The highest BCUT2D eigenvalue weighted by molar-refractivity contribution is 6.04. The van der Waals surface area contributed by atoms with Crippen LogP contribution in [0.25, 0.3) is 0 Å². The highest BCUT2D eigenvalue weighted by Crippen LogP contribution is 2.26. The maximum Gasteiger partial charge on any atom is 0.256 e. The number of hydrogen-bond donors (Lipinski definition) is 2. The summed E-state index contributed by atoms with van der Waals surface area (Å²) in [6.07, 6.45) is 1.97. The molecule has 1 saturated heterocycles. The van der Waals surface area contributed by atoms with Crippen LogP contribution in [0.5, 0.6) is 0 Å². The molecule has 6 heteroatoms. The summed E-state index contributed by atoms with van der Waals surface area (Å²) >= 11 is 0. The fraction of sp³-hybridized carbons (Fsp3) is 0.412. The van der Waals surface area contributed by atoms with Gasteiger partial charge in [-0.3, -0.25) is 9.89 Å². The molecule has 2 N–H and O–H groups in total. The zero-order valence-electron chi connectivity index (χ0n) is 13.5. The van der Waals surface area contributed by atoms with Gasteiger partial charge in [0, 0.05) is 56.2 Å². The number of benzene rings is 1. The SMILES string of the molecule is CN(C)c1cccc(C(=O)Nc2cc(C3CCOCC3)[nH]n2)c1. The summed E-state index contributed by atoms with van der Waals surface area (Å²) in [5.41, 5.74) is 2.67. The summed E-state index contributed by atoms with van der Waals surface area (Å²) in [6, 6.07) is 9.43. The first-order valence-electron chi connectivity index (χ1n) is 7.85. The Morgan fingerprint density at radius 2 is 2.09 bits per heavy atom. The minimum Gasteiger partial charge on any atom is -0.381 e. The van der Waals surface area contributed by atoms with Crippen LogP contribution < -0.4 is 10.2 Å². The highest BCUT2D eigenvalue weighted by Gasteiger charge is 2.18. The molecular formula is C17H22N4O2. The van der Waals surface area contributed by atoms with Crippen LogP contribution in [0.15, 0.2) is 30.3 Å². The fourth-order valence-corrected chi connectivity index (χ4v) is 2.73. The number of nitrogens with zero attached hydrogens (tertiary/aromatic N) is 2. The number of nitrogens with one attached hydrogen (secondary N) is 2. The lowest BCUT2D eigenvalue weighted by Gasteiger charge is -2.20. The van der Waals surface area contributed by atoms with Crippen LogP contribution in [0.1, 0.15) is 34.8 Å². The second-order valence-corrected chi connectivity index (χ2v) is 5.99. The van der Waals surface area contributed by atoms with Crippen LogP contribution in [-0.2, 0) is 4.74 Å². The van der Waals surface area contributed by atoms with Crippen LogP contribution in [0.4, 0.5) is 11.5 Å². The average Bonchev–Trinajstić information content (AvgIpc) is 3.04. The van der Waals surface area contributed by atoms with Crippen molar-refractivity contribution in [1.82, 2.24) is 10.2 Å². The van der Waals surface area contributed by atoms with E-state index in [0.29, 0.717) is 17.3 Å². The lowest BCUT2D eigenvalue weighted by molar-refractivity contribution is 0.0845. The molecule has 0 saturated carbocycles. The van der Waals surface area contributed by atoms with E-state index in [0.717, 1.165) is 37.4 Å². The standard InChI is InChI=1S/C17H22N4O2/c1-21(2)14-5-3-4-13(10-14)17(22)18-16-11-15(19-20-16)12-6-8-23-9-7-12/h3-5,10-12H,6-9H2,1-2H3,(H2,18,19,20,22). The van der Waals surface area contributed by atoms with Gasteiger partial charge in [-0.2, -0.15) is 5.10 Å². The zero-order chi connectivity index (χ0) is 16.2. The molecule has 0 radical (unpaired) electrons. The van der Waals surface area contributed by atoms with E-state index in [-0.39, 0.29) is 5.91 Å². The van der Waals surface area contributed by atoms with E-state index < -0.39 is 0 Å². The maximum absolute atomic E-state index is 12.4. The summed E-state index contributed by atoms with van der Waals surface area (Å²) in [4.78, 5) is 14.3. The number of ether oxygens (including phenoxy) is 1. The molecule has 1 fully saturated rings. The first-order chi connectivity index (χ1) is 11.1. The predicted molar refractivity (Wildman–Crippen MR) is 90.1 cm³/mol. The molecule has 122 valence electrons. The van der Waals surface area contributed by atoms with E-state index in [1.165, 1.54) is 0 Å². The fourth-order valence-electron chi connectivity index (χ4n) is 2.73. The van der Waals surface area contributed by atoms with E-state index in [9.17, 15) is 4.79 Å². The molecule has 1 aliphatic rings. The monoisotopic (exact) mass is 314 g/mol. The lowest BCUT2D eigenvalue weighted by Crippen LogP contribution is -2.14. The second kappa shape index (κ2) is 6.83. The van der Waals surface area contributed by atoms with E-state index in [4.69, 9.17) is 4.74 Å². The Bertz CT molecular complexity index is 675. The Kier molecular flexibility index (Phi) is 4.62. The number of aromatic amines is 1. The topological polar surface area (TPSA) is 70.2 Å². The van der Waals surface area contributed by atoms with Gasteiger partial charge in [0.25, 0.3) is 5.91 Å². The third-order valence-corrected chi connectivity index (χ3v) is 4.13. The second-order valence-electron chi connectivity index (χ2n) is 5.99. The molecule has 0 unspecified atom stereocenters. The number of carbonyl (C=O) groups excluding carboxylic acids is 1. The minimum absolute atomic E-state index is 0.154.